The number of aromatic hydroxyl groups is 1. The summed E-state index contributed by atoms with van der Waals surface area (Å²) in [4.78, 5) is 70.5. The van der Waals surface area contributed by atoms with Gasteiger partial charge in [0.25, 0.3) is 11.8 Å². The number of phenols is 1. The number of anilines is 2. The van der Waals surface area contributed by atoms with Crippen LogP contribution in [0.4, 0.5) is 11.4 Å². The minimum Gasteiger partial charge on any atom is -0.507 e. The van der Waals surface area contributed by atoms with E-state index < -0.39 is 0 Å². The van der Waals surface area contributed by atoms with Gasteiger partial charge in [-0.2, -0.15) is 0 Å². The zero-order valence-electron chi connectivity index (χ0n) is 31.4. The quantitative estimate of drug-likeness (QED) is 0.0762. The van der Waals surface area contributed by atoms with Gasteiger partial charge < -0.3 is 19.8 Å². The first-order valence-corrected chi connectivity index (χ1v) is 20.3. The molecule has 0 aromatic heterocycles. The molecule has 0 unspecified atom stereocenters. The maximum absolute atomic E-state index is 13.9. The summed E-state index contributed by atoms with van der Waals surface area (Å²) in [6.45, 7) is 1.59. The van der Waals surface area contributed by atoms with Gasteiger partial charge in [-0.1, -0.05) is 55.0 Å². The molecule has 3 aliphatic rings. The van der Waals surface area contributed by atoms with E-state index in [4.69, 9.17) is 23.2 Å². The van der Waals surface area contributed by atoms with Crippen LogP contribution in [-0.2, 0) is 24.0 Å². The first-order chi connectivity index (χ1) is 27.1. The lowest BCUT2D eigenvalue weighted by molar-refractivity contribution is -0.137. The Labute approximate surface area is 336 Å². The van der Waals surface area contributed by atoms with Crippen LogP contribution in [0.15, 0.2) is 72.8 Å². The number of halogens is 2. The van der Waals surface area contributed by atoms with Crippen molar-refractivity contribution in [1.82, 2.24) is 9.80 Å². The van der Waals surface area contributed by atoms with E-state index in [1.165, 1.54) is 17.1 Å². The van der Waals surface area contributed by atoms with E-state index in [2.05, 4.69) is 6.07 Å². The Morgan fingerprint density at radius 2 is 1.27 bits per heavy atom. The average molecular weight is 797 g/mol. The number of imide groups is 1. The van der Waals surface area contributed by atoms with Gasteiger partial charge in [0, 0.05) is 112 Å². The highest BCUT2D eigenvalue weighted by molar-refractivity contribution is 6.19. The Kier molecular flexibility index (Phi) is 12.0. The smallest absolute Gasteiger partial charge is 0.253 e. The second kappa shape index (κ2) is 17.1. The van der Waals surface area contributed by atoms with E-state index in [0.29, 0.717) is 69.3 Å². The molecule has 0 saturated heterocycles. The lowest BCUT2D eigenvalue weighted by atomic mass is 9.92. The molecule has 0 aliphatic carbocycles. The molecule has 5 amide bonds. The molecule has 3 aliphatic heterocycles. The van der Waals surface area contributed by atoms with Crippen molar-refractivity contribution >= 4 is 85.7 Å². The number of carbonyl (C=O) groups is 5. The second-order valence-electron chi connectivity index (χ2n) is 14.8. The molecular weight excluding hydrogens is 751 g/mol. The fraction of sp³-hybridized carbons (Fsp3) is 0.364. The molecule has 7 rings (SSSR count). The third-order valence-corrected chi connectivity index (χ3v) is 12.0. The molecule has 0 bridgehead atoms. The van der Waals surface area contributed by atoms with Gasteiger partial charge in [-0.3, -0.25) is 28.9 Å². The first-order valence-electron chi connectivity index (χ1n) is 19.2. The molecule has 56 heavy (non-hydrogen) atoms. The summed E-state index contributed by atoms with van der Waals surface area (Å²) < 4.78 is 0. The molecule has 0 fully saturated rings. The molecular formula is C44H45Cl2N4O6. The zero-order chi connectivity index (χ0) is 39.5. The van der Waals surface area contributed by atoms with Crippen molar-refractivity contribution in [2.75, 3.05) is 54.8 Å². The predicted molar refractivity (Wildman–Crippen MR) is 220 cm³/mol. The van der Waals surface area contributed by atoms with Crippen LogP contribution in [0, 0.1) is 6.42 Å². The van der Waals surface area contributed by atoms with Crippen molar-refractivity contribution in [3.05, 3.63) is 95.9 Å². The second-order valence-corrected chi connectivity index (χ2v) is 15.5. The van der Waals surface area contributed by atoms with Gasteiger partial charge in [-0.05, 0) is 58.2 Å². The summed E-state index contributed by atoms with van der Waals surface area (Å²) in [5.74, 6) is -0.107. The summed E-state index contributed by atoms with van der Waals surface area (Å²) in [6, 6.07) is 19.3. The van der Waals surface area contributed by atoms with E-state index in [1.807, 2.05) is 55.0 Å². The van der Waals surface area contributed by atoms with E-state index in [1.54, 1.807) is 27.8 Å². The average Bonchev–Trinajstić information content (AvgIpc) is 3.88. The Hall–Kier alpha value is -4.93. The van der Waals surface area contributed by atoms with Crippen LogP contribution in [0.1, 0.15) is 73.5 Å². The van der Waals surface area contributed by atoms with Gasteiger partial charge in [-0.25, -0.2) is 0 Å². The van der Waals surface area contributed by atoms with E-state index >= 15 is 0 Å². The molecule has 0 spiro atoms. The molecule has 3 heterocycles. The number of nitrogens with zero attached hydrogens (tertiary/aromatic N) is 4. The summed E-state index contributed by atoms with van der Waals surface area (Å²) in [7, 11) is 1.77. The highest BCUT2D eigenvalue weighted by atomic mass is 35.5. The lowest BCUT2D eigenvalue weighted by Gasteiger charge is -2.21. The third kappa shape index (κ3) is 7.74. The SMILES string of the molecule is CN(C[CH]c1cc2c(c3ccccc13)[C@H](CCl)CN2C(=O)CCCC(=O)N1C[C@@H](CCl)c2c1cc(O)c1ccccc21)C(=O)CCCCCN1C(=O)C=CC1=O. The number of hydrogen-bond acceptors (Lipinski definition) is 6. The van der Waals surface area contributed by atoms with Crippen molar-refractivity contribution in [3.8, 4) is 5.75 Å². The van der Waals surface area contributed by atoms with Gasteiger partial charge in [0.1, 0.15) is 5.75 Å². The Morgan fingerprint density at radius 1 is 0.732 bits per heavy atom. The number of unbranched alkanes of at least 4 members (excludes halogenated alkanes) is 2. The van der Waals surface area contributed by atoms with Crippen molar-refractivity contribution in [1.29, 1.82) is 0 Å². The van der Waals surface area contributed by atoms with E-state index in [0.717, 1.165) is 50.3 Å². The van der Waals surface area contributed by atoms with E-state index in [9.17, 15) is 29.1 Å². The van der Waals surface area contributed by atoms with Gasteiger partial charge in [0.2, 0.25) is 17.7 Å². The normalized spacial score (nSPS) is 17.4. The van der Waals surface area contributed by atoms with Gasteiger partial charge in [0.15, 0.2) is 0 Å². The Morgan fingerprint density at radius 3 is 1.86 bits per heavy atom. The number of amides is 5. The fourth-order valence-electron chi connectivity index (χ4n) is 8.36. The zero-order valence-corrected chi connectivity index (χ0v) is 32.9. The predicted octanol–water partition coefficient (Wildman–Crippen LogP) is 7.40. The molecule has 4 aromatic rings. The topological polar surface area (TPSA) is 119 Å². The molecule has 12 heteroatoms. The largest absolute Gasteiger partial charge is 0.507 e. The van der Waals surface area contributed by atoms with Crippen LogP contribution in [0.2, 0.25) is 0 Å². The van der Waals surface area contributed by atoms with Crippen molar-refractivity contribution in [3.63, 3.8) is 0 Å². The monoisotopic (exact) mass is 795 g/mol. The van der Waals surface area contributed by atoms with Gasteiger partial charge >= 0.3 is 0 Å². The molecule has 1 radical (unpaired) electrons. The summed E-state index contributed by atoms with van der Waals surface area (Å²) in [6.07, 6.45) is 7.63. The molecule has 4 aromatic carbocycles. The number of alkyl halides is 2. The number of benzene rings is 4. The van der Waals surface area contributed by atoms with Crippen molar-refractivity contribution in [2.24, 2.45) is 0 Å². The number of hydrogen-bond donors (Lipinski definition) is 1. The van der Waals surface area contributed by atoms with E-state index in [-0.39, 0.29) is 60.0 Å². The van der Waals surface area contributed by atoms with Crippen LogP contribution in [0.3, 0.4) is 0 Å². The van der Waals surface area contributed by atoms with Crippen LogP contribution >= 0.6 is 23.2 Å². The number of likely N-dealkylation sites (N-methyl/N-ethyl adjacent to an activating group) is 1. The van der Waals surface area contributed by atoms with Crippen LogP contribution in [-0.4, -0.2) is 89.4 Å². The standard InChI is InChI=1S/C44H45Cl2N4O6/c1-47(38(52)14-3-2-8-20-48-41(55)17-18-42(48)56)21-19-28-22-35-43(33-12-6-4-10-31(28)33)29(24-45)26-49(35)39(53)15-9-16-40(54)50-27-30(25-46)44-34-13-7-5-11-32(34)37(51)23-36(44)50/h4-7,10-13,17-19,22-23,29-30,51H,2-3,8-9,14-16,20-21,24-27H2,1H3/t29-,30-/m1/s1. The summed E-state index contributed by atoms with van der Waals surface area (Å²) in [5.41, 5.74) is 4.38. The molecule has 0 saturated carbocycles. The minimum atomic E-state index is -0.291. The number of phenolic OH excluding ortho intramolecular Hbond substituents is 1. The van der Waals surface area contributed by atoms with Crippen LogP contribution in [0.25, 0.3) is 21.5 Å². The molecule has 1 N–H and O–H groups in total. The van der Waals surface area contributed by atoms with Gasteiger partial charge in [-0.15, -0.1) is 23.2 Å². The minimum absolute atomic E-state index is 0.00369. The number of fused-ring (bicyclic) bond motifs is 6. The van der Waals surface area contributed by atoms with Crippen molar-refractivity contribution < 1.29 is 29.1 Å². The third-order valence-electron chi connectivity index (χ3n) is 11.3. The Bertz CT molecular complexity index is 2220. The number of rotatable bonds is 15. The summed E-state index contributed by atoms with van der Waals surface area (Å²) in [5, 5.41) is 14.4. The molecule has 291 valence electrons. The van der Waals surface area contributed by atoms with Gasteiger partial charge in [0.05, 0.1) is 5.69 Å². The maximum Gasteiger partial charge on any atom is 0.253 e. The summed E-state index contributed by atoms with van der Waals surface area (Å²) >= 11 is 12.9. The number of carbonyl (C=O) groups excluding carboxylic acids is 5. The lowest BCUT2D eigenvalue weighted by Crippen LogP contribution is -2.32. The highest BCUT2D eigenvalue weighted by Crippen LogP contribution is 2.46. The maximum atomic E-state index is 13.9. The Balaban J connectivity index is 0.984. The fourth-order valence-corrected chi connectivity index (χ4v) is 8.86. The van der Waals surface area contributed by atoms with Crippen molar-refractivity contribution in [2.45, 2.75) is 56.8 Å². The van der Waals surface area contributed by atoms with Crippen LogP contribution in [0.5, 0.6) is 5.75 Å². The molecule has 2 atom stereocenters. The molecule has 10 nitrogen and oxygen atoms in total. The van der Waals surface area contributed by atoms with Crippen LogP contribution < -0.4 is 9.80 Å². The first kappa shape index (κ1) is 39.3. The highest BCUT2D eigenvalue weighted by Gasteiger charge is 2.36.